The summed E-state index contributed by atoms with van der Waals surface area (Å²) >= 11 is 5.12. The van der Waals surface area contributed by atoms with Crippen LogP contribution >= 0.6 is 27.3 Å². The molecule has 2 aromatic rings. The van der Waals surface area contributed by atoms with Crippen molar-refractivity contribution >= 4 is 33.0 Å². The Hall–Kier alpha value is -1.14. The van der Waals surface area contributed by atoms with E-state index in [9.17, 15) is 4.79 Å². The number of nitrogens with zero attached hydrogens (tertiary/aromatic N) is 2. The van der Waals surface area contributed by atoms with Crippen molar-refractivity contribution in [1.29, 1.82) is 0 Å². The van der Waals surface area contributed by atoms with E-state index < -0.39 is 0 Å². The van der Waals surface area contributed by atoms with Crippen LogP contribution in [-0.2, 0) is 13.0 Å². The third kappa shape index (κ3) is 3.55. The Bertz CT molecular complexity index is 649. The van der Waals surface area contributed by atoms with Gasteiger partial charge in [0.1, 0.15) is 5.69 Å². The Balaban J connectivity index is 1.67. The van der Waals surface area contributed by atoms with Gasteiger partial charge in [0.15, 0.2) is 0 Å². The maximum Gasteiger partial charge on any atom is 0.291 e. The van der Waals surface area contributed by atoms with Crippen molar-refractivity contribution in [3.05, 3.63) is 43.4 Å². The van der Waals surface area contributed by atoms with Crippen molar-refractivity contribution in [3.63, 3.8) is 0 Å². The maximum atomic E-state index is 12.5. The van der Waals surface area contributed by atoms with Gasteiger partial charge in [-0.3, -0.25) is 4.79 Å². The van der Waals surface area contributed by atoms with Gasteiger partial charge in [0.2, 0.25) is 0 Å². The van der Waals surface area contributed by atoms with Crippen LogP contribution in [0.4, 0.5) is 5.69 Å². The minimum atomic E-state index is -0.0263. The van der Waals surface area contributed by atoms with Crippen molar-refractivity contribution < 1.29 is 0 Å². The van der Waals surface area contributed by atoms with Crippen molar-refractivity contribution in [2.45, 2.75) is 32.2 Å². The fraction of sp³-hybridized carbons (Fsp3) is 0.467. The van der Waals surface area contributed by atoms with Gasteiger partial charge in [-0.15, -0.1) is 0 Å². The van der Waals surface area contributed by atoms with Crippen LogP contribution in [-0.4, -0.2) is 16.3 Å². The molecule has 2 heterocycles. The Labute approximate surface area is 136 Å². The number of nitrogens with one attached hydrogen (secondary N) is 1. The molecule has 1 saturated carbocycles. The fourth-order valence-electron chi connectivity index (χ4n) is 2.45. The summed E-state index contributed by atoms with van der Waals surface area (Å²) in [5, 5.41) is 11.7. The molecule has 0 aliphatic heterocycles. The highest BCUT2D eigenvalue weighted by atomic mass is 79.9. The zero-order valence-corrected chi connectivity index (χ0v) is 14.1. The smallest absolute Gasteiger partial charge is 0.291 e. The van der Waals surface area contributed by atoms with Crippen molar-refractivity contribution in [1.82, 2.24) is 9.78 Å². The molecule has 1 fully saturated rings. The molecule has 0 amide bonds. The lowest BCUT2D eigenvalue weighted by atomic mass is 9.85. The molecular weight excluding hydrogens is 350 g/mol. The molecule has 0 spiro atoms. The summed E-state index contributed by atoms with van der Waals surface area (Å²) in [4.78, 5) is 12.5. The Morgan fingerprint density at radius 2 is 2.33 bits per heavy atom. The molecule has 0 atom stereocenters. The van der Waals surface area contributed by atoms with E-state index in [1.54, 1.807) is 22.2 Å². The summed E-state index contributed by atoms with van der Waals surface area (Å²) in [5.41, 5.74) is 1.90. The molecule has 21 heavy (non-hydrogen) atoms. The minimum Gasteiger partial charge on any atom is -0.379 e. The Morgan fingerprint density at radius 3 is 3.00 bits per heavy atom. The molecule has 6 heteroatoms. The van der Waals surface area contributed by atoms with E-state index in [2.05, 4.69) is 43.2 Å². The van der Waals surface area contributed by atoms with Gasteiger partial charge in [0.25, 0.3) is 5.56 Å². The lowest BCUT2D eigenvalue weighted by molar-refractivity contribution is 0.262. The molecular formula is C15H18BrN3OS. The number of hydrogen-bond donors (Lipinski definition) is 1. The van der Waals surface area contributed by atoms with E-state index in [-0.39, 0.29) is 5.56 Å². The highest BCUT2D eigenvalue weighted by Crippen LogP contribution is 2.27. The van der Waals surface area contributed by atoms with Gasteiger partial charge < -0.3 is 5.32 Å². The highest BCUT2D eigenvalue weighted by molar-refractivity contribution is 9.10. The molecule has 0 radical (unpaired) electrons. The molecule has 0 bridgehead atoms. The summed E-state index contributed by atoms with van der Waals surface area (Å²) in [5.74, 6) is 0.620. The first-order valence-electron chi connectivity index (χ1n) is 7.24. The third-order valence-electron chi connectivity index (χ3n) is 3.95. The minimum absolute atomic E-state index is 0.0263. The molecule has 2 aromatic heterocycles. The number of rotatable bonds is 6. The average molecular weight is 368 g/mol. The summed E-state index contributed by atoms with van der Waals surface area (Å²) in [6, 6.07) is 2.11. The largest absolute Gasteiger partial charge is 0.379 e. The number of anilines is 1. The van der Waals surface area contributed by atoms with Crippen molar-refractivity contribution in [2.75, 3.05) is 11.9 Å². The maximum absolute atomic E-state index is 12.5. The second kappa shape index (κ2) is 6.75. The van der Waals surface area contributed by atoms with E-state index in [0.29, 0.717) is 11.6 Å². The number of halogens is 1. The SMILES string of the molecule is O=c1c(NCCc2ccsc2)c(Br)cnn1CC1CCC1. The predicted octanol–water partition coefficient (Wildman–Crippen LogP) is 3.52. The first-order valence-corrected chi connectivity index (χ1v) is 8.98. The average Bonchev–Trinajstić information content (AvgIpc) is 2.93. The summed E-state index contributed by atoms with van der Waals surface area (Å²) < 4.78 is 2.34. The highest BCUT2D eigenvalue weighted by Gasteiger charge is 2.20. The summed E-state index contributed by atoms with van der Waals surface area (Å²) in [6.07, 6.45) is 6.34. The lowest BCUT2D eigenvalue weighted by Gasteiger charge is -2.25. The van der Waals surface area contributed by atoms with E-state index >= 15 is 0 Å². The third-order valence-corrected chi connectivity index (χ3v) is 5.28. The van der Waals surface area contributed by atoms with Crippen LogP contribution in [0.2, 0.25) is 0 Å². The van der Waals surface area contributed by atoms with Crippen LogP contribution in [0.1, 0.15) is 24.8 Å². The van der Waals surface area contributed by atoms with Crippen molar-refractivity contribution in [3.8, 4) is 0 Å². The van der Waals surface area contributed by atoms with Gasteiger partial charge in [-0.1, -0.05) is 6.42 Å². The Kier molecular flexibility index (Phi) is 4.75. The molecule has 112 valence electrons. The standard InChI is InChI=1S/C15H18BrN3OS/c16-13-8-18-19(9-11-2-1-3-11)15(20)14(13)17-6-4-12-5-7-21-10-12/h5,7-8,10-11,17H,1-4,6,9H2. The van der Waals surface area contributed by atoms with E-state index in [1.807, 2.05) is 0 Å². The van der Waals surface area contributed by atoms with Crippen LogP contribution in [0.3, 0.4) is 0 Å². The molecule has 0 saturated heterocycles. The van der Waals surface area contributed by atoms with E-state index in [4.69, 9.17) is 0 Å². The van der Waals surface area contributed by atoms with Crippen LogP contribution in [0.15, 0.2) is 32.3 Å². The van der Waals surface area contributed by atoms with E-state index in [0.717, 1.165) is 24.0 Å². The second-order valence-electron chi connectivity index (χ2n) is 5.46. The molecule has 3 rings (SSSR count). The van der Waals surface area contributed by atoms with Gasteiger partial charge >= 0.3 is 0 Å². The Morgan fingerprint density at radius 1 is 1.48 bits per heavy atom. The van der Waals surface area contributed by atoms with Gasteiger partial charge in [-0.05, 0) is 63.5 Å². The number of aromatic nitrogens is 2. The monoisotopic (exact) mass is 367 g/mol. The first kappa shape index (κ1) is 14.8. The van der Waals surface area contributed by atoms with Gasteiger partial charge in [-0.25, -0.2) is 4.68 Å². The molecule has 1 N–H and O–H groups in total. The van der Waals surface area contributed by atoms with Crippen LogP contribution < -0.4 is 10.9 Å². The van der Waals surface area contributed by atoms with E-state index in [1.165, 1.54) is 24.8 Å². The quantitative estimate of drug-likeness (QED) is 0.849. The van der Waals surface area contributed by atoms with Crippen LogP contribution in [0.5, 0.6) is 0 Å². The molecule has 1 aliphatic carbocycles. The molecule has 0 unspecified atom stereocenters. The van der Waals surface area contributed by atoms with Gasteiger partial charge in [-0.2, -0.15) is 16.4 Å². The molecule has 4 nitrogen and oxygen atoms in total. The fourth-order valence-corrected chi connectivity index (χ4v) is 3.55. The predicted molar refractivity (Wildman–Crippen MR) is 90.1 cm³/mol. The number of thiophene rings is 1. The zero-order chi connectivity index (χ0) is 14.7. The van der Waals surface area contributed by atoms with Gasteiger partial charge in [0.05, 0.1) is 10.7 Å². The number of hydrogen-bond acceptors (Lipinski definition) is 4. The summed E-state index contributed by atoms with van der Waals surface area (Å²) in [6.45, 7) is 1.49. The zero-order valence-electron chi connectivity index (χ0n) is 11.7. The van der Waals surface area contributed by atoms with Crippen LogP contribution in [0.25, 0.3) is 0 Å². The second-order valence-corrected chi connectivity index (χ2v) is 7.09. The van der Waals surface area contributed by atoms with Crippen LogP contribution in [0, 0.1) is 5.92 Å². The topological polar surface area (TPSA) is 46.9 Å². The lowest BCUT2D eigenvalue weighted by Crippen LogP contribution is -2.31. The first-order chi connectivity index (χ1) is 10.2. The normalized spacial score (nSPS) is 14.9. The van der Waals surface area contributed by atoms with Gasteiger partial charge in [0, 0.05) is 13.1 Å². The molecule has 0 aromatic carbocycles. The van der Waals surface area contributed by atoms with Crippen molar-refractivity contribution in [2.24, 2.45) is 5.92 Å². The summed E-state index contributed by atoms with van der Waals surface area (Å²) in [7, 11) is 0. The molecule has 1 aliphatic rings.